The van der Waals surface area contributed by atoms with Crippen molar-refractivity contribution in [2.24, 2.45) is 0 Å². The SMILES string of the molecule is C1=CNc2cc3ccccc3cc2C1. The summed E-state index contributed by atoms with van der Waals surface area (Å²) in [6.07, 6.45) is 5.20. The Bertz CT molecular complexity index is 465. The molecule has 0 saturated carbocycles. The highest BCUT2D eigenvalue weighted by Gasteiger charge is 2.05. The summed E-state index contributed by atoms with van der Waals surface area (Å²) in [4.78, 5) is 0. The van der Waals surface area contributed by atoms with Gasteiger partial charge in [-0.3, -0.25) is 0 Å². The van der Waals surface area contributed by atoms with E-state index in [1.54, 1.807) is 0 Å². The Labute approximate surface area is 83.1 Å². The molecule has 1 N–H and O–H groups in total. The maximum atomic E-state index is 3.27. The molecule has 0 radical (unpaired) electrons. The lowest BCUT2D eigenvalue weighted by atomic mass is 10.0. The molecule has 1 heterocycles. The van der Waals surface area contributed by atoms with Gasteiger partial charge in [-0.05, 0) is 41.1 Å². The number of allylic oxidation sites excluding steroid dienone is 1. The Hall–Kier alpha value is -1.76. The Morgan fingerprint density at radius 1 is 1.00 bits per heavy atom. The van der Waals surface area contributed by atoms with Crippen molar-refractivity contribution in [3.63, 3.8) is 0 Å². The highest BCUT2D eigenvalue weighted by Crippen LogP contribution is 2.26. The molecular formula is C13H11N. The number of hydrogen-bond donors (Lipinski definition) is 1. The minimum absolute atomic E-state index is 1.03. The van der Waals surface area contributed by atoms with E-state index in [0.29, 0.717) is 0 Å². The van der Waals surface area contributed by atoms with Crippen molar-refractivity contribution in [2.45, 2.75) is 6.42 Å². The van der Waals surface area contributed by atoms with Crippen LogP contribution >= 0.6 is 0 Å². The average molecular weight is 181 g/mol. The summed E-state index contributed by atoms with van der Waals surface area (Å²) in [5, 5.41) is 5.90. The lowest BCUT2D eigenvalue weighted by molar-refractivity contribution is 1.23. The molecule has 0 unspecified atom stereocenters. The van der Waals surface area contributed by atoms with E-state index in [-0.39, 0.29) is 0 Å². The molecule has 1 aliphatic rings. The lowest BCUT2D eigenvalue weighted by Crippen LogP contribution is -1.99. The third-order valence-electron chi connectivity index (χ3n) is 2.67. The van der Waals surface area contributed by atoms with Gasteiger partial charge in [0.25, 0.3) is 0 Å². The maximum absolute atomic E-state index is 3.27. The Morgan fingerprint density at radius 3 is 2.64 bits per heavy atom. The smallest absolute Gasteiger partial charge is 0.0421 e. The van der Waals surface area contributed by atoms with E-state index in [1.165, 1.54) is 22.0 Å². The summed E-state index contributed by atoms with van der Waals surface area (Å²) < 4.78 is 0. The average Bonchev–Trinajstić information content (AvgIpc) is 2.26. The molecule has 0 spiro atoms. The fraction of sp³-hybridized carbons (Fsp3) is 0.0769. The van der Waals surface area contributed by atoms with Gasteiger partial charge in [0, 0.05) is 5.69 Å². The third kappa shape index (κ3) is 1.10. The Morgan fingerprint density at radius 2 is 1.79 bits per heavy atom. The molecule has 68 valence electrons. The lowest BCUT2D eigenvalue weighted by Gasteiger charge is -2.13. The van der Waals surface area contributed by atoms with E-state index in [9.17, 15) is 0 Å². The van der Waals surface area contributed by atoms with Gasteiger partial charge in [0.2, 0.25) is 0 Å². The van der Waals surface area contributed by atoms with E-state index in [1.807, 2.05) is 6.20 Å². The van der Waals surface area contributed by atoms with Gasteiger partial charge in [-0.2, -0.15) is 0 Å². The summed E-state index contributed by atoms with van der Waals surface area (Å²) in [6.45, 7) is 0. The molecule has 0 amide bonds. The van der Waals surface area contributed by atoms with Crippen molar-refractivity contribution in [1.82, 2.24) is 0 Å². The van der Waals surface area contributed by atoms with E-state index in [4.69, 9.17) is 0 Å². The molecular weight excluding hydrogens is 170 g/mol. The zero-order chi connectivity index (χ0) is 9.38. The van der Waals surface area contributed by atoms with Crippen LogP contribution in [0.4, 0.5) is 5.69 Å². The summed E-state index contributed by atoms with van der Waals surface area (Å²) in [7, 11) is 0. The van der Waals surface area contributed by atoms with Crippen LogP contribution in [0.3, 0.4) is 0 Å². The van der Waals surface area contributed by atoms with Gasteiger partial charge in [-0.15, -0.1) is 0 Å². The molecule has 2 aromatic carbocycles. The van der Waals surface area contributed by atoms with Crippen molar-refractivity contribution in [2.75, 3.05) is 5.32 Å². The predicted molar refractivity (Wildman–Crippen MR) is 60.4 cm³/mol. The number of anilines is 1. The number of rotatable bonds is 0. The normalized spacial score (nSPS) is 13.7. The first-order valence-electron chi connectivity index (χ1n) is 4.87. The predicted octanol–water partition coefficient (Wildman–Crippen LogP) is 3.32. The van der Waals surface area contributed by atoms with Gasteiger partial charge in [-0.25, -0.2) is 0 Å². The minimum Gasteiger partial charge on any atom is -0.362 e. The van der Waals surface area contributed by atoms with Crippen molar-refractivity contribution in [3.05, 3.63) is 54.2 Å². The maximum Gasteiger partial charge on any atom is 0.0421 e. The molecule has 14 heavy (non-hydrogen) atoms. The van der Waals surface area contributed by atoms with Crippen LogP contribution in [0.2, 0.25) is 0 Å². The van der Waals surface area contributed by atoms with Crippen LogP contribution in [0.1, 0.15) is 5.56 Å². The van der Waals surface area contributed by atoms with E-state index in [2.05, 4.69) is 47.8 Å². The van der Waals surface area contributed by atoms with Crippen molar-refractivity contribution < 1.29 is 0 Å². The third-order valence-corrected chi connectivity index (χ3v) is 2.67. The van der Waals surface area contributed by atoms with E-state index >= 15 is 0 Å². The number of fused-ring (bicyclic) bond motifs is 2. The van der Waals surface area contributed by atoms with Gasteiger partial charge in [0.1, 0.15) is 0 Å². The largest absolute Gasteiger partial charge is 0.362 e. The van der Waals surface area contributed by atoms with Crippen LogP contribution in [-0.2, 0) is 6.42 Å². The van der Waals surface area contributed by atoms with Gasteiger partial charge in [0.15, 0.2) is 0 Å². The monoisotopic (exact) mass is 181 g/mol. The molecule has 1 heteroatoms. The highest BCUT2D eigenvalue weighted by atomic mass is 14.8. The second-order valence-corrected chi connectivity index (χ2v) is 3.61. The fourth-order valence-electron chi connectivity index (χ4n) is 1.93. The van der Waals surface area contributed by atoms with Gasteiger partial charge in [0.05, 0.1) is 0 Å². The molecule has 2 aromatic rings. The zero-order valence-corrected chi connectivity index (χ0v) is 7.83. The second-order valence-electron chi connectivity index (χ2n) is 3.61. The fourth-order valence-corrected chi connectivity index (χ4v) is 1.93. The summed E-state index contributed by atoms with van der Waals surface area (Å²) in [5.41, 5.74) is 2.62. The quantitative estimate of drug-likeness (QED) is 0.657. The molecule has 0 atom stereocenters. The topological polar surface area (TPSA) is 12.0 Å². The molecule has 1 aliphatic heterocycles. The van der Waals surface area contributed by atoms with Crippen LogP contribution in [-0.4, -0.2) is 0 Å². The van der Waals surface area contributed by atoms with Crippen LogP contribution < -0.4 is 5.32 Å². The highest BCUT2D eigenvalue weighted by molar-refractivity contribution is 5.87. The molecule has 1 nitrogen and oxygen atoms in total. The first-order chi connectivity index (χ1) is 6.93. The summed E-state index contributed by atoms with van der Waals surface area (Å²) in [5.74, 6) is 0. The first kappa shape index (κ1) is 7.63. The van der Waals surface area contributed by atoms with Crippen molar-refractivity contribution in [3.8, 4) is 0 Å². The Balaban J connectivity index is 2.30. The van der Waals surface area contributed by atoms with E-state index < -0.39 is 0 Å². The molecule has 0 bridgehead atoms. The molecule has 0 saturated heterocycles. The van der Waals surface area contributed by atoms with Crippen molar-refractivity contribution >= 4 is 16.5 Å². The number of nitrogens with one attached hydrogen (secondary N) is 1. The standard InChI is InChI=1S/C13H11N/c1-2-5-11-9-13-12(6-3-7-14-13)8-10(11)4-1/h1-5,7-9,14H,6H2. The van der Waals surface area contributed by atoms with Crippen LogP contribution in [0.5, 0.6) is 0 Å². The van der Waals surface area contributed by atoms with Gasteiger partial charge in [-0.1, -0.05) is 30.3 Å². The Kier molecular flexibility index (Phi) is 1.57. The molecule has 0 aromatic heterocycles. The molecule has 0 aliphatic carbocycles. The van der Waals surface area contributed by atoms with Gasteiger partial charge >= 0.3 is 0 Å². The number of hydrogen-bond acceptors (Lipinski definition) is 1. The second kappa shape index (κ2) is 2.88. The van der Waals surface area contributed by atoms with Crippen LogP contribution in [0.25, 0.3) is 10.8 Å². The first-order valence-corrected chi connectivity index (χ1v) is 4.87. The minimum atomic E-state index is 1.03. The summed E-state index contributed by atoms with van der Waals surface area (Å²) in [6, 6.07) is 13.0. The zero-order valence-electron chi connectivity index (χ0n) is 7.83. The molecule has 3 rings (SSSR count). The van der Waals surface area contributed by atoms with Gasteiger partial charge < -0.3 is 5.32 Å². The van der Waals surface area contributed by atoms with Crippen LogP contribution in [0, 0.1) is 0 Å². The van der Waals surface area contributed by atoms with E-state index in [0.717, 1.165) is 6.42 Å². The summed E-state index contributed by atoms with van der Waals surface area (Å²) >= 11 is 0. The van der Waals surface area contributed by atoms with Crippen molar-refractivity contribution in [1.29, 1.82) is 0 Å². The van der Waals surface area contributed by atoms with Crippen LogP contribution in [0.15, 0.2) is 48.7 Å². The molecule has 0 fully saturated rings. The number of benzene rings is 2.